The molecule has 0 saturated heterocycles. The Kier molecular flexibility index (Phi) is 4.19. The van der Waals surface area contributed by atoms with Crippen LogP contribution in [0.1, 0.15) is 19.5 Å². The van der Waals surface area contributed by atoms with E-state index in [0.29, 0.717) is 13.1 Å². The number of rotatable bonds is 5. The van der Waals surface area contributed by atoms with E-state index in [4.69, 9.17) is 0 Å². The first-order valence-corrected chi connectivity index (χ1v) is 4.87. The fraction of sp³-hybridized carbons (Fsp3) is 0.500. The molecule has 1 amide bonds. The Hall–Kier alpha value is -1.29. The monoisotopic (exact) mass is 195 g/mol. The van der Waals surface area contributed by atoms with Gasteiger partial charge in [-0.05, 0) is 26.0 Å². The average molecular weight is 195 g/mol. The van der Waals surface area contributed by atoms with Gasteiger partial charge in [0, 0.05) is 25.0 Å². The predicted octanol–water partition coefficient (Wildman–Crippen LogP) is 0.629. The highest BCUT2D eigenvalue weighted by atomic mass is 16.2. The maximum Gasteiger partial charge on any atom is 0.236 e. The van der Waals surface area contributed by atoms with Crippen LogP contribution in [0.15, 0.2) is 18.3 Å². The van der Waals surface area contributed by atoms with Crippen molar-refractivity contribution in [2.45, 2.75) is 26.4 Å². The second-order valence-corrected chi connectivity index (χ2v) is 3.19. The zero-order valence-corrected chi connectivity index (χ0v) is 8.63. The first-order valence-electron chi connectivity index (χ1n) is 4.87. The number of H-pyrrole nitrogens is 1. The molecule has 4 nitrogen and oxygen atoms in total. The van der Waals surface area contributed by atoms with Gasteiger partial charge in [0.25, 0.3) is 0 Å². The summed E-state index contributed by atoms with van der Waals surface area (Å²) in [4.78, 5) is 14.4. The standard InChI is InChI=1S/C10H17N3O/c1-3-11-10(14)8(2)13-7-9-5-4-6-12-9/h4-6,8,12-13H,3,7H2,1-2H3,(H,11,14). The van der Waals surface area contributed by atoms with Crippen molar-refractivity contribution in [3.05, 3.63) is 24.0 Å². The van der Waals surface area contributed by atoms with Crippen LogP contribution >= 0.6 is 0 Å². The van der Waals surface area contributed by atoms with Crippen LogP contribution in [0.25, 0.3) is 0 Å². The lowest BCUT2D eigenvalue weighted by Gasteiger charge is -2.12. The van der Waals surface area contributed by atoms with Gasteiger partial charge in [-0.2, -0.15) is 0 Å². The first kappa shape index (κ1) is 10.8. The molecule has 1 atom stereocenters. The van der Waals surface area contributed by atoms with Crippen molar-refractivity contribution in [2.75, 3.05) is 6.54 Å². The van der Waals surface area contributed by atoms with E-state index in [-0.39, 0.29) is 11.9 Å². The fourth-order valence-corrected chi connectivity index (χ4v) is 1.16. The fourth-order valence-electron chi connectivity index (χ4n) is 1.16. The number of aromatic amines is 1. The second kappa shape index (κ2) is 5.44. The van der Waals surface area contributed by atoms with E-state index in [9.17, 15) is 4.79 Å². The first-order chi connectivity index (χ1) is 6.74. The van der Waals surface area contributed by atoms with Crippen molar-refractivity contribution in [3.63, 3.8) is 0 Å². The van der Waals surface area contributed by atoms with Crippen LogP contribution < -0.4 is 10.6 Å². The predicted molar refractivity (Wildman–Crippen MR) is 55.8 cm³/mol. The largest absolute Gasteiger partial charge is 0.364 e. The number of hydrogen-bond donors (Lipinski definition) is 3. The molecule has 1 aromatic rings. The molecule has 1 rings (SSSR count). The summed E-state index contributed by atoms with van der Waals surface area (Å²) < 4.78 is 0. The highest BCUT2D eigenvalue weighted by Gasteiger charge is 2.10. The SMILES string of the molecule is CCNC(=O)C(C)NCc1ccc[nH]1. The van der Waals surface area contributed by atoms with Crippen LogP contribution in [0.4, 0.5) is 0 Å². The third-order valence-electron chi connectivity index (χ3n) is 2.01. The molecule has 0 aliphatic carbocycles. The van der Waals surface area contributed by atoms with Crippen molar-refractivity contribution in [1.82, 2.24) is 15.6 Å². The number of nitrogens with one attached hydrogen (secondary N) is 3. The molecule has 14 heavy (non-hydrogen) atoms. The summed E-state index contributed by atoms with van der Waals surface area (Å²) in [6.45, 7) is 5.13. The molecule has 0 aliphatic heterocycles. The minimum absolute atomic E-state index is 0.0408. The van der Waals surface area contributed by atoms with Gasteiger partial charge in [0.05, 0.1) is 6.04 Å². The summed E-state index contributed by atoms with van der Waals surface area (Å²) in [5.74, 6) is 0.0408. The maximum absolute atomic E-state index is 11.3. The number of amides is 1. The van der Waals surface area contributed by atoms with Crippen LogP contribution in [0.2, 0.25) is 0 Å². The highest BCUT2D eigenvalue weighted by molar-refractivity contribution is 5.81. The summed E-state index contributed by atoms with van der Waals surface area (Å²) >= 11 is 0. The van der Waals surface area contributed by atoms with Crippen molar-refractivity contribution < 1.29 is 4.79 Å². The number of carbonyl (C=O) groups excluding carboxylic acids is 1. The van der Waals surface area contributed by atoms with E-state index in [1.165, 1.54) is 0 Å². The van der Waals surface area contributed by atoms with E-state index >= 15 is 0 Å². The van der Waals surface area contributed by atoms with Gasteiger partial charge in [-0.3, -0.25) is 4.79 Å². The normalized spacial score (nSPS) is 12.4. The Morgan fingerprint density at radius 2 is 2.43 bits per heavy atom. The van der Waals surface area contributed by atoms with E-state index in [1.54, 1.807) is 0 Å². The van der Waals surface area contributed by atoms with Gasteiger partial charge in [0.1, 0.15) is 0 Å². The highest BCUT2D eigenvalue weighted by Crippen LogP contribution is 1.94. The number of carbonyl (C=O) groups is 1. The van der Waals surface area contributed by atoms with Crippen LogP contribution in [-0.2, 0) is 11.3 Å². The molecule has 1 heterocycles. The summed E-state index contributed by atoms with van der Waals surface area (Å²) in [6.07, 6.45) is 1.87. The minimum atomic E-state index is -0.154. The molecule has 0 aromatic carbocycles. The van der Waals surface area contributed by atoms with Crippen LogP contribution in [0.5, 0.6) is 0 Å². The summed E-state index contributed by atoms with van der Waals surface area (Å²) in [5, 5.41) is 5.89. The van der Waals surface area contributed by atoms with Crippen LogP contribution in [0.3, 0.4) is 0 Å². The lowest BCUT2D eigenvalue weighted by Crippen LogP contribution is -2.41. The molecular formula is C10H17N3O. The van der Waals surface area contributed by atoms with E-state index in [0.717, 1.165) is 5.69 Å². The Morgan fingerprint density at radius 3 is 3.00 bits per heavy atom. The molecular weight excluding hydrogens is 178 g/mol. The third kappa shape index (κ3) is 3.22. The second-order valence-electron chi connectivity index (χ2n) is 3.19. The Morgan fingerprint density at radius 1 is 1.64 bits per heavy atom. The smallest absolute Gasteiger partial charge is 0.236 e. The van der Waals surface area contributed by atoms with Gasteiger partial charge in [-0.15, -0.1) is 0 Å². The van der Waals surface area contributed by atoms with Gasteiger partial charge in [0.2, 0.25) is 5.91 Å². The molecule has 0 fully saturated rings. The molecule has 78 valence electrons. The molecule has 1 unspecified atom stereocenters. The molecule has 0 aliphatic rings. The van der Waals surface area contributed by atoms with E-state index < -0.39 is 0 Å². The molecule has 0 bridgehead atoms. The molecule has 0 saturated carbocycles. The van der Waals surface area contributed by atoms with Gasteiger partial charge < -0.3 is 15.6 Å². The number of aromatic nitrogens is 1. The summed E-state index contributed by atoms with van der Waals surface area (Å²) in [5.41, 5.74) is 1.08. The van der Waals surface area contributed by atoms with Gasteiger partial charge in [-0.25, -0.2) is 0 Å². The topological polar surface area (TPSA) is 56.9 Å². The molecule has 1 aromatic heterocycles. The zero-order chi connectivity index (χ0) is 10.4. The summed E-state index contributed by atoms with van der Waals surface area (Å²) in [6, 6.07) is 3.77. The van der Waals surface area contributed by atoms with E-state index in [2.05, 4.69) is 15.6 Å². The molecule has 0 spiro atoms. The lowest BCUT2D eigenvalue weighted by molar-refractivity contribution is -0.122. The molecule has 0 radical (unpaired) electrons. The van der Waals surface area contributed by atoms with Gasteiger partial charge >= 0.3 is 0 Å². The van der Waals surface area contributed by atoms with Crippen molar-refractivity contribution in [1.29, 1.82) is 0 Å². The minimum Gasteiger partial charge on any atom is -0.364 e. The molecule has 4 heteroatoms. The van der Waals surface area contributed by atoms with Gasteiger partial charge in [0.15, 0.2) is 0 Å². The third-order valence-corrected chi connectivity index (χ3v) is 2.01. The maximum atomic E-state index is 11.3. The van der Waals surface area contributed by atoms with Crippen LogP contribution in [-0.4, -0.2) is 23.5 Å². The Balaban J connectivity index is 2.27. The zero-order valence-electron chi connectivity index (χ0n) is 8.63. The van der Waals surface area contributed by atoms with Crippen molar-refractivity contribution in [2.24, 2.45) is 0 Å². The number of likely N-dealkylation sites (N-methyl/N-ethyl adjacent to an activating group) is 1. The van der Waals surface area contributed by atoms with Crippen LogP contribution in [0, 0.1) is 0 Å². The van der Waals surface area contributed by atoms with E-state index in [1.807, 2.05) is 32.2 Å². The lowest BCUT2D eigenvalue weighted by atomic mass is 10.3. The average Bonchev–Trinajstić information content (AvgIpc) is 2.67. The van der Waals surface area contributed by atoms with Gasteiger partial charge in [-0.1, -0.05) is 0 Å². The quantitative estimate of drug-likeness (QED) is 0.645. The molecule has 3 N–H and O–H groups in total. The summed E-state index contributed by atoms with van der Waals surface area (Å²) in [7, 11) is 0. The van der Waals surface area contributed by atoms with Crippen molar-refractivity contribution >= 4 is 5.91 Å². The Bertz CT molecular complexity index is 269. The Labute approximate surface area is 84.1 Å². The number of hydrogen-bond acceptors (Lipinski definition) is 2. The van der Waals surface area contributed by atoms with Crippen molar-refractivity contribution in [3.8, 4) is 0 Å².